The number of hydrogen-bond donors (Lipinski definition) is 2. The van der Waals surface area contributed by atoms with Gasteiger partial charge >= 0.3 is 6.09 Å². The molecular weight excluding hydrogens is 294 g/mol. The van der Waals surface area contributed by atoms with Gasteiger partial charge in [0.15, 0.2) is 0 Å². The average molecular weight is 307 g/mol. The van der Waals surface area contributed by atoms with E-state index >= 15 is 0 Å². The van der Waals surface area contributed by atoms with Crippen molar-refractivity contribution in [3.8, 4) is 11.8 Å². The monoisotopic (exact) mass is 307 g/mol. The lowest BCUT2D eigenvalue weighted by Gasteiger charge is -2.04. The molecule has 0 aliphatic rings. The van der Waals surface area contributed by atoms with Crippen LogP contribution in [-0.2, 0) is 0 Å². The van der Waals surface area contributed by atoms with Crippen LogP contribution in [0.15, 0.2) is 30.3 Å². The van der Waals surface area contributed by atoms with Crippen LogP contribution in [-0.4, -0.2) is 10.5 Å². The molecule has 1 aromatic carbocycles. The zero-order valence-corrected chi connectivity index (χ0v) is 12.6. The molecule has 0 saturated carbocycles. The third kappa shape index (κ3) is 4.19. The number of para-hydroxylation sites is 1. The van der Waals surface area contributed by atoms with Gasteiger partial charge < -0.3 is 4.74 Å². The van der Waals surface area contributed by atoms with Crippen LogP contribution in [0.5, 0.6) is 5.75 Å². The topological polar surface area (TPSA) is 77.9 Å². The molecule has 104 valence electrons. The molecule has 1 amide bonds. The van der Waals surface area contributed by atoms with E-state index in [2.05, 4.69) is 9.69 Å². The van der Waals surface area contributed by atoms with Gasteiger partial charge in [0, 0.05) is 0 Å². The molecule has 0 aliphatic carbocycles. The first-order valence-electron chi connectivity index (χ1n) is 5.86. The van der Waals surface area contributed by atoms with Crippen molar-refractivity contribution in [2.24, 2.45) is 0 Å². The van der Waals surface area contributed by atoms with Crippen molar-refractivity contribution in [1.82, 2.24) is 4.37 Å². The van der Waals surface area contributed by atoms with Crippen molar-refractivity contribution >= 4 is 34.8 Å². The first kappa shape index (κ1) is 15.9. The van der Waals surface area contributed by atoms with Crippen LogP contribution in [0.3, 0.4) is 0 Å². The average Bonchev–Trinajstić information content (AvgIpc) is 2.82. The molecule has 2 N–H and O–H groups in total. The zero-order chi connectivity index (χ0) is 15.0. The van der Waals surface area contributed by atoms with Gasteiger partial charge in [0.2, 0.25) is 0 Å². The molecule has 7 heteroatoms. The number of aromatic amines is 1. The molecule has 5 nitrogen and oxygen atoms in total. The molecule has 1 heterocycles. The maximum atomic E-state index is 11.6. The van der Waals surface area contributed by atoms with E-state index in [9.17, 15) is 4.79 Å². The lowest BCUT2D eigenvalue weighted by Crippen LogP contribution is -2.16. The fourth-order valence-corrected chi connectivity index (χ4v) is 2.22. The smallest absolute Gasteiger partial charge is 0.410 e. The molecule has 0 bridgehead atoms. The summed E-state index contributed by atoms with van der Waals surface area (Å²) in [5, 5.41) is 11.7. The minimum absolute atomic E-state index is 0.236. The van der Waals surface area contributed by atoms with Crippen LogP contribution in [0.4, 0.5) is 9.80 Å². The van der Waals surface area contributed by atoms with Gasteiger partial charge in [-0.05, 0) is 23.7 Å². The molecule has 0 radical (unpaired) electrons. The lowest BCUT2D eigenvalue weighted by atomic mass is 10.3. The summed E-state index contributed by atoms with van der Waals surface area (Å²) in [6, 6.07) is 10.6. The Morgan fingerprint density at radius 3 is 2.65 bits per heavy atom. The summed E-state index contributed by atoms with van der Waals surface area (Å²) < 4.78 is 8.05. The molecular formula is C13H13N3O2S2. The van der Waals surface area contributed by atoms with Gasteiger partial charge in [-0.2, -0.15) is 5.26 Å². The van der Waals surface area contributed by atoms with Crippen molar-refractivity contribution in [2.75, 3.05) is 5.32 Å². The van der Waals surface area contributed by atoms with Crippen molar-refractivity contribution in [3.63, 3.8) is 0 Å². The highest BCUT2D eigenvalue weighted by atomic mass is 32.1. The molecule has 0 fully saturated rings. The maximum Gasteiger partial charge on any atom is 0.417 e. The molecule has 0 aliphatic heterocycles. The van der Waals surface area contributed by atoms with Gasteiger partial charge in [0.05, 0.1) is 0 Å². The zero-order valence-electron chi connectivity index (χ0n) is 11.0. The Bertz CT molecular complexity index is 656. The molecule has 2 rings (SSSR count). The number of H-pyrrole nitrogens is 1. The van der Waals surface area contributed by atoms with Gasteiger partial charge in [-0.3, -0.25) is 9.69 Å². The first-order chi connectivity index (χ1) is 9.70. The minimum Gasteiger partial charge on any atom is -0.410 e. The summed E-state index contributed by atoms with van der Waals surface area (Å²) in [4.78, 5) is 11.6. The normalized spacial score (nSPS) is 8.85. The Kier molecular flexibility index (Phi) is 6.43. The SMILES string of the molecule is CC.N#Cc1c(NC(=O)Oc2ccccc2)s[nH]c1=S. The number of nitrogens with one attached hydrogen (secondary N) is 2. The van der Waals surface area contributed by atoms with Gasteiger partial charge in [0.25, 0.3) is 0 Å². The number of amides is 1. The van der Waals surface area contributed by atoms with E-state index in [-0.39, 0.29) is 5.56 Å². The summed E-state index contributed by atoms with van der Waals surface area (Å²) >= 11 is 5.97. The minimum atomic E-state index is -0.664. The number of nitrogens with zero attached hydrogens (tertiary/aromatic N) is 1. The molecule has 0 unspecified atom stereocenters. The summed E-state index contributed by atoms with van der Waals surface area (Å²) in [5.74, 6) is 0.424. The van der Waals surface area contributed by atoms with Gasteiger partial charge in [-0.25, -0.2) is 4.79 Å². The number of ether oxygens (including phenoxy) is 1. The summed E-state index contributed by atoms with van der Waals surface area (Å²) in [6.45, 7) is 4.00. The van der Waals surface area contributed by atoms with E-state index < -0.39 is 6.09 Å². The number of carbonyl (C=O) groups is 1. The second-order valence-electron chi connectivity index (χ2n) is 3.18. The fourth-order valence-electron chi connectivity index (χ4n) is 1.21. The Morgan fingerprint density at radius 2 is 2.05 bits per heavy atom. The Labute approximate surface area is 126 Å². The largest absolute Gasteiger partial charge is 0.417 e. The fraction of sp³-hybridized carbons (Fsp3) is 0.154. The van der Waals surface area contributed by atoms with Crippen molar-refractivity contribution < 1.29 is 9.53 Å². The molecule has 1 aromatic heterocycles. The lowest BCUT2D eigenvalue weighted by molar-refractivity contribution is 0.215. The highest BCUT2D eigenvalue weighted by Crippen LogP contribution is 2.21. The number of aromatic nitrogens is 1. The Balaban J connectivity index is 0.000000956. The number of hydrogen-bond acceptors (Lipinski definition) is 5. The van der Waals surface area contributed by atoms with Crippen LogP contribution in [0, 0.1) is 16.0 Å². The second kappa shape index (κ2) is 8.09. The quantitative estimate of drug-likeness (QED) is 0.810. The third-order valence-electron chi connectivity index (χ3n) is 1.98. The Morgan fingerprint density at radius 1 is 1.40 bits per heavy atom. The van der Waals surface area contributed by atoms with Crippen molar-refractivity contribution in [3.05, 3.63) is 40.5 Å². The third-order valence-corrected chi connectivity index (χ3v) is 3.23. The van der Waals surface area contributed by atoms with Gasteiger partial charge in [0.1, 0.15) is 27.0 Å². The Hall–Kier alpha value is -2.17. The molecule has 0 saturated heterocycles. The van der Waals surface area contributed by atoms with E-state index in [0.29, 0.717) is 15.4 Å². The number of rotatable bonds is 2. The van der Waals surface area contributed by atoms with E-state index in [1.54, 1.807) is 24.3 Å². The predicted molar refractivity (Wildman–Crippen MR) is 81.7 cm³/mol. The van der Waals surface area contributed by atoms with E-state index in [1.807, 2.05) is 26.0 Å². The van der Waals surface area contributed by atoms with Crippen LogP contribution in [0.2, 0.25) is 0 Å². The number of anilines is 1. The molecule has 20 heavy (non-hydrogen) atoms. The van der Waals surface area contributed by atoms with E-state index in [0.717, 1.165) is 11.5 Å². The highest BCUT2D eigenvalue weighted by Gasteiger charge is 2.12. The highest BCUT2D eigenvalue weighted by molar-refractivity contribution is 7.71. The maximum absolute atomic E-state index is 11.6. The number of carbonyl (C=O) groups excluding carboxylic acids is 1. The van der Waals surface area contributed by atoms with E-state index in [4.69, 9.17) is 22.2 Å². The van der Waals surface area contributed by atoms with Gasteiger partial charge in [-0.1, -0.05) is 44.3 Å². The number of nitriles is 1. The molecule has 2 aromatic rings. The summed E-state index contributed by atoms with van der Waals surface area (Å²) in [7, 11) is 0. The van der Waals surface area contributed by atoms with Crippen LogP contribution in [0.1, 0.15) is 19.4 Å². The van der Waals surface area contributed by atoms with E-state index in [1.165, 1.54) is 0 Å². The molecule has 0 spiro atoms. The molecule has 0 atom stereocenters. The number of benzene rings is 1. The summed E-state index contributed by atoms with van der Waals surface area (Å²) in [6.07, 6.45) is -0.664. The first-order valence-corrected chi connectivity index (χ1v) is 7.08. The van der Waals surface area contributed by atoms with Gasteiger partial charge in [-0.15, -0.1) is 0 Å². The predicted octanol–water partition coefficient (Wildman–Crippen LogP) is 4.31. The van der Waals surface area contributed by atoms with Crippen molar-refractivity contribution in [1.29, 1.82) is 5.26 Å². The van der Waals surface area contributed by atoms with Crippen LogP contribution < -0.4 is 10.1 Å². The summed E-state index contributed by atoms with van der Waals surface area (Å²) in [5.41, 5.74) is 0.236. The second-order valence-corrected chi connectivity index (χ2v) is 4.40. The van der Waals surface area contributed by atoms with Crippen LogP contribution in [0.25, 0.3) is 0 Å². The standard InChI is InChI=1S/C11H7N3O2S2.C2H6/c12-6-8-9(17)14-18-10(8)13-11(15)16-7-4-2-1-3-5-7;1-2/h1-5H,(H,13,15)(H,14,17);1-2H3. The van der Waals surface area contributed by atoms with Crippen molar-refractivity contribution in [2.45, 2.75) is 13.8 Å². The van der Waals surface area contributed by atoms with Crippen LogP contribution >= 0.6 is 23.8 Å².